The smallest absolute Gasteiger partial charge is 0.137 e. The lowest BCUT2D eigenvalue weighted by molar-refractivity contribution is 0.518. The van der Waals surface area contributed by atoms with Crippen molar-refractivity contribution < 1.29 is 8.81 Å². The van der Waals surface area contributed by atoms with E-state index in [1.54, 1.807) is 0 Å². The highest BCUT2D eigenvalue weighted by atomic mass is 19.1. The Morgan fingerprint density at radius 1 is 1.33 bits per heavy atom. The Balaban J connectivity index is 2.41. The summed E-state index contributed by atoms with van der Waals surface area (Å²) in [5, 5.41) is 4.01. The summed E-state index contributed by atoms with van der Waals surface area (Å²) < 4.78 is 18.7. The minimum absolute atomic E-state index is 0.212. The summed E-state index contributed by atoms with van der Waals surface area (Å²) in [6.45, 7) is 5.47. The third-order valence-electron chi connectivity index (χ3n) is 2.37. The molecule has 0 aliphatic carbocycles. The number of aryl methyl sites for hydroxylation is 1. The lowest BCUT2D eigenvalue weighted by atomic mass is 10.2. The summed E-state index contributed by atoms with van der Waals surface area (Å²) in [6, 6.07) is 4.87. The summed E-state index contributed by atoms with van der Waals surface area (Å²) in [6.07, 6.45) is 0. The first-order valence-corrected chi connectivity index (χ1v) is 5.10. The minimum Gasteiger partial charge on any atom is -0.459 e. The van der Waals surface area contributed by atoms with Crippen molar-refractivity contribution >= 4 is 11.0 Å². The molecule has 0 bridgehead atoms. The van der Waals surface area contributed by atoms with Crippen LogP contribution in [-0.2, 0) is 6.54 Å². The van der Waals surface area contributed by atoms with Gasteiger partial charge in [-0.2, -0.15) is 0 Å². The number of hydrogen-bond donors (Lipinski definition) is 1. The van der Waals surface area contributed by atoms with E-state index in [-0.39, 0.29) is 5.82 Å². The van der Waals surface area contributed by atoms with E-state index < -0.39 is 0 Å². The Hall–Kier alpha value is -1.35. The standard InChI is InChI=1S/C12H14FNO/c1-3-14-7-11-6-9-5-10(13)4-8(2)12(9)15-11/h4-6,14H,3,7H2,1-2H3. The lowest BCUT2D eigenvalue weighted by Gasteiger charge is -1.96. The molecule has 2 rings (SSSR count). The van der Waals surface area contributed by atoms with Crippen LogP contribution in [0.25, 0.3) is 11.0 Å². The van der Waals surface area contributed by atoms with Crippen LogP contribution in [0.15, 0.2) is 22.6 Å². The third-order valence-corrected chi connectivity index (χ3v) is 2.37. The molecule has 0 fully saturated rings. The molecule has 2 aromatic rings. The van der Waals surface area contributed by atoms with Crippen LogP contribution in [0.4, 0.5) is 4.39 Å². The van der Waals surface area contributed by atoms with E-state index in [1.807, 2.05) is 19.9 Å². The van der Waals surface area contributed by atoms with Crippen LogP contribution in [-0.4, -0.2) is 6.54 Å². The van der Waals surface area contributed by atoms with E-state index in [2.05, 4.69) is 5.32 Å². The molecule has 0 amide bonds. The number of halogens is 1. The average molecular weight is 207 g/mol. The molecule has 0 saturated heterocycles. The first-order valence-electron chi connectivity index (χ1n) is 5.10. The predicted molar refractivity (Wildman–Crippen MR) is 58.3 cm³/mol. The maximum Gasteiger partial charge on any atom is 0.137 e. The molecule has 0 aliphatic rings. The zero-order valence-electron chi connectivity index (χ0n) is 8.93. The number of rotatable bonds is 3. The second-order valence-electron chi connectivity index (χ2n) is 3.63. The van der Waals surface area contributed by atoms with Gasteiger partial charge in [0.15, 0.2) is 0 Å². The maximum atomic E-state index is 13.1. The van der Waals surface area contributed by atoms with Crippen molar-refractivity contribution in [1.29, 1.82) is 0 Å². The van der Waals surface area contributed by atoms with Gasteiger partial charge in [0.2, 0.25) is 0 Å². The van der Waals surface area contributed by atoms with Gasteiger partial charge in [0.25, 0.3) is 0 Å². The first kappa shape index (κ1) is 10.2. The Morgan fingerprint density at radius 2 is 2.13 bits per heavy atom. The third kappa shape index (κ3) is 2.02. The molecule has 1 N–H and O–H groups in total. The van der Waals surface area contributed by atoms with Crippen molar-refractivity contribution in [3.63, 3.8) is 0 Å². The number of furan rings is 1. The Bertz CT molecular complexity index is 476. The second kappa shape index (κ2) is 4.03. The highest BCUT2D eigenvalue weighted by molar-refractivity contribution is 5.81. The van der Waals surface area contributed by atoms with E-state index >= 15 is 0 Å². The SMILES string of the molecule is CCNCc1cc2cc(F)cc(C)c2o1. The van der Waals surface area contributed by atoms with Crippen molar-refractivity contribution in [1.82, 2.24) is 5.32 Å². The Morgan fingerprint density at radius 3 is 2.87 bits per heavy atom. The lowest BCUT2D eigenvalue weighted by Crippen LogP contribution is -2.10. The monoisotopic (exact) mass is 207 g/mol. The van der Waals surface area contributed by atoms with Gasteiger partial charge in [0, 0.05) is 5.39 Å². The summed E-state index contributed by atoms with van der Waals surface area (Å²) in [7, 11) is 0. The van der Waals surface area contributed by atoms with E-state index in [1.165, 1.54) is 12.1 Å². The molecule has 15 heavy (non-hydrogen) atoms. The van der Waals surface area contributed by atoms with Crippen LogP contribution in [0.1, 0.15) is 18.2 Å². The molecule has 0 unspecified atom stereocenters. The first-order chi connectivity index (χ1) is 7.20. The van der Waals surface area contributed by atoms with Gasteiger partial charge >= 0.3 is 0 Å². The zero-order chi connectivity index (χ0) is 10.8. The van der Waals surface area contributed by atoms with Crippen LogP contribution in [0.3, 0.4) is 0 Å². The van der Waals surface area contributed by atoms with Crippen LogP contribution >= 0.6 is 0 Å². The summed E-state index contributed by atoms with van der Waals surface area (Å²) >= 11 is 0. The topological polar surface area (TPSA) is 25.2 Å². The quantitative estimate of drug-likeness (QED) is 0.837. The fourth-order valence-corrected chi connectivity index (χ4v) is 1.67. The summed E-state index contributed by atoms with van der Waals surface area (Å²) in [4.78, 5) is 0. The van der Waals surface area contributed by atoms with Crippen LogP contribution < -0.4 is 5.32 Å². The normalized spacial score (nSPS) is 11.1. The van der Waals surface area contributed by atoms with Crippen LogP contribution in [0.2, 0.25) is 0 Å². The van der Waals surface area contributed by atoms with Crippen molar-refractivity contribution in [2.45, 2.75) is 20.4 Å². The van der Waals surface area contributed by atoms with Gasteiger partial charge in [-0.25, -0.2) is 4.39 Å². The zero-order valence-corrected chi connectivity index (χ0v) is 8.93. The number of nitrogens with one attached hydrogen (secondary N) is 1. The summed E-state index contributed by atoms with van der Waals surface area (Å²) in [5.41, 5.74) is 1.62. The molecule has 0 atom stereocenters. The number of benzene rings is 1. The van der Waals surface area contributed by atoms with Gasteiger partial charge in [-0.05, 0) is 37.2 Å². The van der Waals surface area contributed by atoms with Crippen molar-refractivity contribution in [2.75, 3.05) is 6.54 Å². The summed E-state index contributed by atoms with van der Waals surface area (Å²) in [5.74, 6) is 0.636. The van der Waals surface area contributed by atoms with Gasteiger partial charge < -0.3 is 9.73 Å². The van der Waals surface area contributed by atoms with Gasteiger partial charge in [0.05, 0.1) is 6.54 Å². The molecular formula is C12H14FNO. The van der Waals surface area contributed by atoms with Crippen LogP contribution in [0, 0.1) is 12.7 Å². The van der Waals surface area contributed by atoms with E-state index in [4.69, 9.17) is 4.42 Å². The van der Waals surface area contributed by atoms with Crippen LogP contribution in [0.5, 0.6) is 0 Å². The Kier molecular flexibility index (Phi) is 2.73. The molecule has 1 aromatic heterocycles. The molecular weight excluding hydrogens is 193 g/mol. The van der Waals surface area contributed by atoms with E-state index in [0.29, 0.717) is 6.54 Å². The van der Waals surface area contributed by atoms with Crippen molar-refractivity contribution in [2.24, 2.45) is 0 Å². The minimum atomic E-state index is -0.212. The van der Waals surface area contributed by atoms with Gasteiger partial charge in [0.1, 0.15) is 17.2 Å². The number of fused-ring (bicyclic) bond motifs is 1. The molecule has 3 heteroatoms. The van der Waals surface area contributed by atoms with Crippen molar-refractivity contribution in [3.05, 3.63) is 35.3 Å². The highest BCUT2D eigenvalue weighted by Gasteiger charge is 2.07. The second-order valence-corrected chi connectivity index (χ2v) is 3.63. The fraction of sp³-hybridized carbons (Fsp3) is 0.333. The molecule has 0 radical (unpaired) electrons. The van der Waals surface area contributed by atoms with Gasteiger partial charge in [-0.15, -0.1) is 0 Å². The molecule has 2 nitrogen and oxygen atoms in total. The molecule has 1 heterocycles. The Labute approximate surface area is 88.1 Å². The van der Waals surface area contributed by atoms with E-state index in [0.717, 1.165) is 28.8 Å². The maximum absolute atomic E-state index is 13.1. The van der Waals surface area contributed by atoms with Crippen molar-refractivity contribution in [3.8, 4) is 0 Å². The molecule has 80 valence electrons. The largest absolute Gasteiger partial charge is 0.459 e. The fourth-order valence-electron chi connectivity index (χ4n) is 1.67. The molecule has 0 saturated carbocycles. The molecule has 1 aromatic carbocycles. The molecule has 0 spiro atoms. The average Bonchev–Trinajstić information content (AvgIpc) is 2.57. The highest BCUT2D eigenvalue weighted by Crippen LogP contribution is 2.23. The number of hydrogen-bond acceptors (Lipinski definition) is 2. The van der Waals surface area contributed by atoms with Gasteiger partial charge in [-0.1, -0.05) is 6.92 Å². The van der Waals surface area contributed by atoms with E-state index in [9.17, 15) is 4.39 Å². The molecule has 0 aliphatic heterocycles. The predicted octanol–water partition coefficient (Wildman–Crippen LogP) is 2.99. The van der Waals surface area contributed by atoms with Gasteiger partial charge in [-0.3, -0.25) is 0 Å².